The molecule has 0 aromatic heterocycles. The van der Waals surface area contributed by atoms with Gasteiger partial charge in [-0.25, -0.2) is 9.96 Å². The number of benzene rings is 3. The van der Waals surface area contributed by atoms with Crippen LogP contribution >= 0.6 is 11.6 Å². The Bertz CT molecular complexity index is 1240. The first-order valence-corrected chi connectivity index (χ1v) is 10.2. The fraction of sp³-hybridized carbons (Fsp3) is 0.130. The fourth-order valence-electron chi connectivity index (χ4n) is 4.24. The summed E-state index contributed by atoms with van der Waals surface area (Å²) >= 11 is 6.47. The Morgan fingerprint density at radius 1 is 0.875 bits per heavy atom. The molecule has 0 aliphatic carbocycles. The normalized spacial score (nSPS) is 22.3. The van der Waals surface area contributed by atoms with Crippen molar-refractivity contribution >= 4 is 40.5 Å². The molecule has 2 fully saturated rings. The number of nitro benzene ring substituents is 1. The maximum Gasteiger partial charge on any atom is 0.271 e. The number of fused-ring (bicyclic) bond motifs is 1. The van der Waals surface area contributed by atoms with Crippen LogP contribution in [-0.4, -0.2) is 22.8 Å². The minimum Gasteiger partial charge on any atom is -0.273 e. The molecule has 0 bridgehead atoms. The number of rotatable bonds is 4. The van der Waals surface area contributed by atoms with E-state index in [-0.39, 0.29) is 5.69 Å². The van der Waals surface area contributed by atoms with Crippen LogP contribution < -0.4 is 9.96 Å². The van der Waals surface area contributed by atoms with Crippen LogP contribution in [0.4, 0.5) is 17.1 Å². The van der Waals surface area contributed by atoms with Gasteiger partial charge >= 0.3 is 0 Å². The first kappa shape index (κ1) is 20.2. The minimum absolute atomic E-state index is 0.135. The number of imide groups is 1. The Morgan fingerprint density at radius 2 is 1.56 bits per heavy atom. The molecule has 0 spiro atoms. The summed E-state index contributed by atoms with van der Waals surface area (Å²) in [6.45, 7) is 0. The van der Waals surface area contributed by atoms with E-state index in [2.05, 4.69) is 0 Å². The highest BCUT2D eigenvalue weighted by Gasteiger charge is 2.60. The number of nitro groups is 1. The number of hydroxylamine groups is 1. The summed E-state index contributed by atoms with van der Waals surface area (Å²) in [4.78, 5) is 44.6. The highest BCUT2D eigenvalue weighted by atomic mass is 35.5. The van der Waals surface area contributed by atoms with Gasteiger partial charge in [0.15, 0.2) is 6.10 Å². The number of hydrogen-bond acceptors (Lipinski definition) is 6. The van der Waals surface area contributed by atoms with Crippen LogP contribution in [0.15, 0.2) is 78.9 Å². The molecule has 0 unspecified atom stereocenters. The molecular formula is C23H16ClN3O5. The third-order valence-corrected chi connectivity index (χ3v) is 5.99. The Hall–Kier alpha value is -3.75. The van der Waals surface area contributed by atoms with Crippen molar-refractivity contribution in [3.05, 3.63) is 99.6 Å². The molecule has 0 N–H and O–H groups in total. The molecule has 9 heteroatoms. The van der Waals surface area contributed by atoms with Gasteiger partial charge in [-0.1, -0.05) is 54.1 Å². The number of nitrogens with zero attached hydrogens (tertiary/aromatic N) is 3. The summed E-state index contributed by atoms with van der Waals surface area (Å²) in [5, 5.41) is 13.1. The van der Waals surface area contributed by atoms with E-state index >= 15 is 0 Å². The lowest BCUT2D eigenvalue weighted by Crippen LogP contribution is -2.37. The maximum absolute atomic E-state index is 13.5. The van der Waals surface area contributed by atoms with Crippen molar-refractivity contribution in [1.82, 2.24) is 0 Å². The van der Waals surface area contributed by atoms with E-state index in [1.807, 2.05) is 0 Å². The topological polar surface area (TPSA) is 93.0 Å². The molecule has 0 saturated carbocycles. The molecule has 3 aromatic rings. The quantitative estimate of drug-likeness (QED) is 0.335. The van der Waals surface area contributed by atoms with Crippen LogP contribution in [0.2, 0.25) is 5.02 Å². The number of anilines is 2. The second kappa shape index (κ2) is 7.74. The zero-order chi connectivity index (χ0) is 22.4. The van der Waals surface area contributed by atoms with Gasteiger partial charge in [-0.15, -0.1) is 0 Å². The van der Waals surface area contributed by atoms with Crippen molar-refractivity contribution in [2.24, 2.45) is 5.92 Å². The number of amides is 2. The maximum atomic E-state index is 13.5. The van der Waals surface area contributed by atoms with E-state index in [4.69, 9.17) is 16.4 Å². The van der Waals surface area contributed by atoms with E-state index in [0.29, 0.717) is 22.0 Å². The Labute approximate surface area is 187 Å². The molecule has 0 radical (unpaired) electrons. The third kappa shape index (κ3) is 3.12. The molecule has 3 atom stereocenters. The van der Waals surface area contributed by atoms with Crippen molar-refractivity contribution in [3.63, 3.8) is 0 Å². The van der Waals surface area contributed by atoms with Crippen LogP contribution in [0.25, 0.3) is 0 Å². The largest absolute Gasteiger partial charge is 0.273 e. The molecule has 2 aliphatic rings. The zero-order valence-electron chi connectivity index (χ0n) is 16.5. The highest BCUT2D eigenvalue weighted by molar-refractivity contribution is 6.31. The summed E-state index contributed by atoms with van der Waals surface area (Å²) in [6.07, 6.45) is -1.08. The van der Waals surface area contributed by atoms with Gasteiger partial charge in [0.1, 0.15) is 5.92 Å². The first-order chi connectivity index (χ1) is 15.5. The standard InChI is InChI=1S/C23H16ClN3O5/c24-18-12-5-4-11-17(18)20-19-21(23(29)25(22(19)28)14-7-2-1-3-8-14)32-26(20)15-9-6-10-16(13-15)27(30)31/h1-13,19-21H/t19-,20-,21-/m0/s1. The van der Waals surface area contributed by atoms with Gasteiger partial charge in [0.25, 0.3) is 11.6 Å². The summed E-state index contributed by atoms with van der Waals surface area (Å²) in [5.41, 5.74) is 1.26. The van der Waals surface area contributed by atoms with Crippen LogP contribution in [0.3, 0.4) is 0 Å². The lowest BCUT2D eigenvalue weighted by Gasteiger charge is -2.29. The van der Waals surface area contributed by atoms with E-state index in [1.54, 1.807) is 60.7 Å². The number of hydrogen-bond donors (Lipinski definition) is 0. The molecule has 3 aromatic carbocycles. The summed E-state index contributed by atoms with van der Waals surface area (Å²) in [5.74, 6) is -1.78. The van der Waals surface area contributed by atoms with Crippen LogP contribution in [0.5, 0.6) is 0 Å². The zero-order valence-corrected chi connectivity index (χ0v) is 17.3. The molecule has 2 heterocycles. The fourth-order valence-corrected chi connectivity index (χ4v) is 4.49. The molecule has 160 valence electrons. The molecule has 2 amide bonds. The molecule has 5 rings (SSSR count). The summed E-state index contributed by atoms with van der Waals surface area (Å²) < 4.78 is 0. The lowest BCUT2D eigenvalue weighted by molar-refractivity contribution is -0.384. The van der Waals surface area contributed by atoms with Crippen LogP contribution in [-0.2, 0) is 14.4 Å². The number of halogens is 1. The molecular weight excluding hydrogens is 434 g/mol. The predicted molar refractivity (Wildman–Crippen MR) is 117 cm³/mol. The van der Waals surface area contributed by atoms with E-state index in [0.717, 1.165) is 4.90 Å². The Morgan fingerprint density at radius 3 is 2.28 bits per heavy atom. The van der Waals surface area contributed by atoms with E-state index < -0.39 is 34.8 Å². The summed E-state index contributed by atoms with van der Waals surface area (Å²) in [6, 6.07) is 20.7. The SMILES string of the molecule is O=C1[C@@H]2[C@H](ON(c3cccc([N+](=O)[O-])c3)[C@H]2c2ccccc2Cl)C(=O)N1c1ccccc1. The van der Waals surface area contributed by atoms with Crippen molar-refractivity contribution < 1.29 is 19.3 Å². The van der Waals surface area contributed by atoms with Gasteiger partial charge in [0.05, 0.1) is 22.3 Å². The van der Waals surface area contributed by atoms with Crippen molar-refractivity contribution in [2.45, 2.75) is 12.1 Å². The minimum atomic E-state index is -1.08. The first-order valence-electron chi connectivity index (χ1n) is 9.85. The van der Waals surface area contributed by atoms with Crippen molar-refractivity contribution in [3.8, 4) is 0 Å². The second-order valence-corrected chi connectivity index (χ2v) is 7.88. The molecule has 8 nitrogen and oxygen atoms in total. The van der Waals surface area contributed by atoms with Gasteiger partial charge in [-0.3, -0.25) is 24.5 Å². The van der Waals surface area contributed by atoms with Gasteiger partial charge in [-0.05, 0) is 29.8 Å². The van der Waals surface area contributed by atoms with Crippen molar-refractivity contribution in [1.29, 1.82) is 0 Å². The monoisotopic (exact) mass is 449 g/mol. The van der Waals surface area contributed by atoms with Crippen molar-refractivity contribution in [2.75, 3.05) is 9.96 Å². The highest BCUT2D eigenvalue weighted by Crippen LogP contribution is 2.49. The number of non-ortho nitro benzene ring substituents is 1. The van der Waals surface area contributed by atoms with E-state index in [9.17, 15) is 19.7 Å². The second-order valence-electron chi connectivity index (χ2n) is 7.47. The van der Waals surface area contributed by atoms with Gasteiger partial charge in [0.2, 0.25) is 5.91 Å². The van der Waals surface area contributed by atoms with Crippen LogP contribution in [0.1, 0.15) is 11.6 Å². The molecule has 2 saturated heterocycles. The number of carbonyl (C=O) groups excluding carboxylic acids is 2. The number of para-hydroxylation sites is 1. The average molecular weight is 450 g/mol. The lowest BCUT2D eigenvalue weighted by atomic mass is 9.90. The van der Waals surface area contributed by atoms with Gasteiger partial charge in [-0.2, -0.15) is 0 Å². The average Bonchev–Trinajstić information content (AvgIpc) is 3.31. The van der Waals surface area contributed by atoms with E-state index in [1.165, 1.54) is 23.3 Å². The van der Waals surface area contributed by atoms with Gasteiger partial charge in [0, 0.05) is 17.2 Å². The molecule has 32 heavy (non-hydrogen) atoms. The summed E-state index contributed by atoms with van der Waals surface area (Å²) in [7, 11) is 0. The van der Waals surface area contributed by atoms with Gasteiger partial charge < -0.3 is 0 Å². The number of carbonyl (C=O) groups is 2. The third-order valence-electron chi connectivity index (χ3n) is 5.65. The Kier molecular flexibility index (Phi) is 4.88. The Balaban J connectivity index is 1.62. The molecule has 2 aliphatic heterocycles. The predicted octanol–water partition coefficient (Wildman–Crippen LogP) is 4.30. The smallest absolute Gasteiger partial charge is 0.271 e. The van der Waals surface area contributed by atoms with Crippen LogP contribution in [0, 0.1) is 16.0 Å².